The van der Waals surface area contributed by atoms with Gasteiger partial charge in [0.25, 0.3) is 0 Å². The third kappa shape index (κ3) is 4.25. The largest absolute Gasteiger partial charge is 0.396 e. The van der Waals surface area contributed by atoms with Gasteiger partial charge in [-0.3, -0.25) is 0 Å². The lowest BCUT2D eigenvalue weighted by atomic mass is 9.99. The second-order valence-electron chi connectivity index (χ2n) is 7.18. The summed E-state index contributed by atoms with van der Waals surface area (Å²) in [6.07, 6.45) is 5.53. The summed E-state index contributed by atoms with van der Waals surface area (Å²) < 4.78 is 0. The van der Waals surface area contributed by atoms with Gasteiger partial charge < -0.3 is 19.8 Å². The minimum atomic E-state index is 0.245. The average molecular weight is 389 g/mol. The quantitative estimate of drug-likeness (QED) is 0.859. The molecule has 0 bridgehead atoms. The number of hydrogen-bond donors (Lipinski definition) is 1. The molecule has 8 heteroatoms. The van der Waals surface area contributed by atoms with Crippen LogP contribution in [-0.4, -0.2) is 65.9 Å². The van der Waals surface area contributed by atoms with Gasteiger partial charge in [0.1, 0.15) is 23.8 Å². The summed E-state index contributed by atoms with van der Waals surface area (Å²) in [5.41, 5.74) is 0. The van der Waals surface area contributed by atoms with Crippen LogP contribution < -0.4 is 14.7 Å². The van der Waals surface area contributed by atoms with E-state index in [0.717, 1.165) is 69.6 Å². The van der Waals surface area contributed by atoms with Crippen LogP contribution >= 0.6 is 11.6 Å². The predicted octanol–water partition coefficient (Wildman–Crippen LogP) is 2.06. The van der Waals surface area contributed by atoms with Crippen LogP contribution in [0.3, 0.4) is 0 Å². The molecule has 2 fully saturated rings. The number of aliphatic hydroxyl groups excluding tert-OH is 1. The molecule has 4 heterocycles. The van der Waals surface area contributed by atoms with E-state index in [-0.39, 0.29) is 6.61 Å². The van der Waals surface area contributed by atoms with Crippen molar-refractivity contribution in [3.05, 3.63) is 35.7 Å². The molecule has 2 aromatic heterocycles. The van der Waals surface area contributed by atoms with Gasteiger partial charge in [0.05, 0.1) is 5.02 Å². The number of aliphatic hydroxyl groups is 1. The molecule has 0 radical (unpaired) electrons. The molecular weight excluding hydrogens is 364 g/mol. The molecule has 2 aliphatic heterocycles. The SMILES string of the molecule is OCC1CCCN(c2cc(N3CCN(c4ccc(Cl)cn4)CC3)ncn2)C1. The highest BCUT2D eigenvalue weighted by Gasteiger charge is 2.23. The lowest BCUT2D eigenvalue weighted by Crippen LogP contribution is -2.47. The van der Waals surface area contributed by atoms with Crippen molar-refractivity contribution in [2.75, 3.05) is 60.6 Å². The van der Waals surface area contributed by atoms with Crippen molar-refractivity contribution in [1.82, 2.24) is 15.0 Å². The first kappa shape index (κ1) is 18.3. The standard InChI is InChI=1S/C19H25ClN6O/c20-16-3-4-17(21-11-16)24-6-8-25(9-7-24)18-10-19(23-14-22-18)26-5-1-2-15(12-26)13-27/h3-4,10-11,14-15,27H,1-2,5-9,12-13H2. The molecule has 0 spiro atoms. The van der Waals surface area contributed by atoms with E-state index in [9.17, 15) is 5.11 Å². The second-order valence-corrected chi connectivity index (χ2v) is 7.62. The Morgan fingerprint density at radius 2 is 1.63 bits per heavy atom. The van der Waals surface area contributed by atoms with Crippen LogP contribution in [0.25, 0.3) is 0 Å². The molecule has 1 atom stereocenters. The van der Waals surface area contributed by atoms with E-state index in [0.29, 0.717) is 10.9 Å². The Kier molecular flexibility index (Phi) is 5.59. The number of piperazine rings is 1. The maximum Gasteiger partial charge on any atom is 0.134 e. The maximum atomic E-state index is 9.46. The molecule has 0 aromatic carbocycles. The zero-order valence-electron chi connectivity index (χ0n) is 15.3. The Labute approximate surface area is 164 Å². The van der Waals surface area contributed by atoms with E-state index in [1.165, 1.54) is 0 Å². The second kappa shape index (κ2) is 8.27. The van der Waals surface area contributed by atoms with E-state index in [1.54, 1.807) is 12.5 Å². The summed E-state index contributed by atoms with van der Waals surface area (Å²) in [7, 11) is 0. The minimum absolute atomic E-state index is 0.245. The summed E-state index contributed by atoms with van der Waals surface area (Å²) in [6, 6.07) is 5.93. The van der Waals surface area contributed by atoms with Crippen LogP contribution in [0.2, 0.25) is 5.02 Å². The Hall–Kier alpha value is -2.12. The van der Waals surface area contributed by atoms with Crippen LogP contribution in [0.15, 0.2) is 30.7 Å². The number of aromatic nitrogens is 3. The van der Waals surface area contributed by atoms with Gasteiger partial charge in [0.15, 0.2) is 0 Å². The zero-order chi connectivity index (χ0) is 18.6. The lowest BCUT2D eigenvalue weighted by Gasteiger charge is -2.37. The van der Waals surface area contributed by atoms with E-state index in [1.807, 2.05) is 12.1 Å². The van der Waals surface area contributed by atoms with Crippen LogP contribution in [0.5, 0.6) is 0 Å². The molecule has 1 N–H and O–H groups in total. The highest BCUT2D eigenvalue weighted by Crippen LogP contribution is 2.25. The number of halogens is 1. The van der Waals surface area contributed by atoms with Gasteiger partial charge in [-0.15, -0.1) is 0 Å². The molecule has 2 saturated heterocycles. The van der Waals surface area contributed by atoms with Crippen molar-refractivity contribution in [2.24, 2.45) is 5.92 Å². The highest BCUT2D eigenvalue weighted by molar-refractivity contribution is 6.30. The van der Waals surface area contributed by atoms with Gasteiger partial charge in [-0.1, -0.05) is 11.6 Å². The minimum Gasteiger partial charge on any atom is -0.396 e. The molecule has 0 aliphatic carbocycles. The molecular formula is C19H25ClN6O. The molecule has 4 rings (SSSR count). The van der Waals surface area contributed by atoms with E-state index in [4.69, 9.17) is 11.6 Å². The molecule has 0 saturated carbocycles. The number of rotatable bonds is 4. The van der Waals surface area contributed by atoms with Crippen molar-refractivity contribution in [2.45, 2.75) is 12.8 Å². The Morgan fingerprint density at radius 3 is 2.30 bits per heavy atom. The molecule has 2 aliphatic rings. The lowest BCUT2D eigenvalue weighted by molar-refractivity contribution is 0.208. The number of hydrogen-bond acceptors (Lipinski definition) is 7. The summed E-state index contributed by atoms with van der Waals surface area (Å²) in [5, 5.41) is 10.1. The number of pyridine rings is 1. The first-order valence-corrected chi connectivity index (χ1v) is 9.90. The number of anilines is 3. The van der Waals surface area contributed by atoms with Crippen LogP contribution in [0.1, 0.15) is 12.8 Å². The summed E-state index contributed by atoms with van der Waals surface area (Å²) >= 11 is 5.93. The first-order chi connectivity index (χ1) is 13.2. The van der Waals surface area contributed by atoms with Gasteiger partial charge in [-0.05, 0) is 30.9 Å². The van der Waals surface area contributed by atoms with Gasteiger partial charge in [0, 0.05) is 58.1 Å². The average Bonchev–Trinajstić information content (AvgIpc) is 2.74. The van der Waals surface area contributed by atoms with Gasteiger partial charge in [-0.25, -0.2) is 15.0 Å². The smallest absolute Gasteiger partial charge is 0.134 e. The van der Waals surface area contributed by atoms with Crippen molar-refractivity contribution < 1.29 is 5.11 Å². The van der Waals surface area contributed by atoms with Crippen LogP contribution in [0, 0.1) is 5.92 Å². The molecule has 1 unspecified atom stereocenters. The Balaban J connectivity index is 1.40. The number of nitrogens with zero attached hydrogens (tertiary/aromatic N) is 6. The van der Waals surface area contributed by atoms with Gasteiger partial charge >= 0.3 is 0 Å². The van der Waals surface area contributed by atoms with Crippen LogP contribution in [-0.2, 0) is 0 Å². The van der Waals surface area contributed by atoms with E-state index < -0.39 is 0 Å². The zero-order valence-corrected chi connectivity index (χ0v) is 16.1. The highest BCUT2D eigenvalue weighted by atomic mass is 35.5. The van der Waals surface area contributed by atoms with Crippen molar-refractivity contribution in [3.63, 3.8) is 0 Å². The van der Waals surface area contributed by atoms with Gasteiger partial charge in [0.2, 0.25) is 0 Å². The van der Waals surface area contributed by atoms with Gasteiger partial charge in [-0.2, -0.15) is 0 Å². The fourth-order valence-corrected chi connectivity index (χ4v) is 3.94. The fraction of sp³-hybridized carbons (Fsp3) is 0.526. The molecule has 2 aromatic rings. The third-order valence-electron chi connectivity index (χ3n) is 5.38. The van der Waals surface area contributed by atoms with E-state index >= 15 is 0 Å². The molecule has 144 valence electrons. The van der Waals surface area contributed by atoms with Crippen molar-refractivity contribution in [3.8, 4) is 0 Å². The number of piperidine rings is 1. The molecule has 27 heavy (non-hydrogen) atoms. The monoisotopic (exact) mass is 388 g/mol. The molecule has 7 nitrogen and oxygen atoms in total. The molecule has 0 amide bonds. The summed E-state index contributed by atoms with van der Waals surface area (Å²) in [4.78, 5) is 20.2. The summed E-state index contributed by atoms with van der Waals surface area (Å²) in [6.45, 7) is 5.66. The topological polar surface area (TPSA) is 68.6 Å². The van der Waals surface area contributed by atoms with Crippen molar-refractivity contribution in [1.29, 1.82) is 0 Å². The first-order valence-electron chi connectivity index (χ1n) is 9.52. The van der Waals surface area contributed by atoms with E-state index in [2.05, 4.69) is 35.7 Å². The Bertz CT molecular complexity index is 750. The third-order valence-corrected chi connectivity index (χ3v) is 5.60. The van der Waals surface area contributed by atoms with Crippen molar-refractivity contribution >= 4 is 29.1 Å². The summed E-state index contributed by atoms with van der Waals surface area (Å²) in [5.74, 6) is 3.23. The Morgan fingerprint density at radius 1 is 0.926 bits per heavy atom. The normalized spacial score (nSPS) is 20.8. The maximum absolute atomic E-state index is 9.46. The predicted molar refractivity (Wildman–Crippen MR) is 108 cm³/mol. The fourth-order valence-electron chi connectivity index (χ4n) is 3.82. The van der Waals surface area contributed by atoms with Crippen LogP contribution in [0.4, 0.5) is 17.5 Å².